The van der Waals surface area contributed by atoms with Crippen molar-refractivity contribution in [3.63, 3.8) is 0 Å². The largest absolute Gasteiger partial charge is 0.493 e. The van der Waals surface area contributed by atoms with Crippen molar-refractivity contribution in [2.24, 2.45) is 0 Å². The van der Waals surface area contributed by atoms with E-state index in [1.807, 2.05) is 35.8 Å². The predicted molar refractivity (Wildman–Crippen MR) is 127 cm³/mol. The number of aryl methyl sites for hydroxylation is 1. The Labute approximate surface area is 193 Å². The smallest absolute Gasteiger partial charge is 0.226 e. The standard InChI is InChI=1S/C25H31N3O5/c1-4-32-15-8-14-28-21-10-6-5-9-20(21)26-25(28)27-24(30)11-7-16-33-22-13-12-19(18(2)29)17-23(22)31-3/h5-6,9-10,12-13,17H,4,7-8,11,14-16H2,1-3H3,(H,26,27,30). The van der Waals surface area contributed by atoms with Gasteiger partial charge in [-0.05, 0) is 57.0 Å². The summed E-state index contributed by atoms with van der Waals surface area (Å²) in [5.74, 6) is 1.41. The van der Waals surface area contributed by atoms with E-state index in [9.17, 15) is 9.59 Å². The second-order valence-electron chi connectivity index (χ2n) is 7.55. The molecule has 176 valence electrons. The first-order valence-electron chi connectivity index (χ1n) is 11.2. The van der Waals surface area contributed by atoms with Gasteiger partial charge in [0.1, 0.15) is 0 Å². The Kier molecular flexibility index (Phi) is 8.83. The number of carbonyl (C=O) groups excluding carboxylic acids is 2. The van der Waals surface area contributed by atoms with Gasteiger partial charge in [0, 0.05) is 31.7 Å². The van der Waals surface area contributed by atoms with Gasteiger partial charge < -0.3 is 18.8 Å². The molecule has 2 aromatic carbocycles. The van der Waals surface area contributed by atoms with Gasteiger partial charge in [-0.25, -0.2) is 4.98 Å². The monoisotopic (exact) mass is 453 g/mol. The summed E-state index contributed by atoms with van der Waals surface area (Å²) in [7, 11) is 1.53. The number of ketones is 1. The molecule has 1 aromatic heterocycles. The molecule has 3 rings (SSSR count). The number of fused-ring (bicyclic) bond motifs is 1. The van der Waals surface area contributed by atoms with Gasteiger partial charge in [0.15, 0.2) is 17.3 Å². The molecule has 33 heavy (non-hydrogen) atoms. The van der Waals surface area contributed by atoms with Gasteiger partial charge in [-0.3, -0.25) is 14.9 Å². The van der Waals surface area contributed by atoms with Crippen LogP contribution in [0.4, 0.5) is 5.95 Å². The molecule has 8 heteroatoms. The Morgan fingerprint density at radius 3 is 2.64 bits per heavy atom. The molecule has 8 nitrogen and oxygen atoms in total. The molecule has 1 heterocycles. The van der Waals surface area contributed by atoms with Crippen LogP contribution in [-0.2, 0) is 16.1 Å². The third kappa shape index (κ3) is 6.55. The highest BCUT2D eigenvalue weighted by atomic mass is 16.5. The minimum Gasteiger partial charge on any atom is -0.493 e. The van der Waals surface area contributed by atoms with Crippen LogP contribution >= 0.6 is 0 Å². The van der Waals surface area contributed by atoms with Crippen molar-refractivity contribution in [2.75, 3.05) is 32.2 Å². The van der Waals surface area contributed by atoms with Gasteiger partial charge >= 0.3 is 0 Å². The number of methoxy groups -OCH3 is 1. The van der Waals surface area contributed by atoms with Gasteiger partial charge in [-0.1, -0.05) is 12.1 Å². The lowest BCUT2D eigenvalue weighted by molar-refractivity contribution is -0.116. The molecule has 3 aromatic rings. The highest BCUT2D eigenvalue weighted by Gasteiger charge is 2.13. The van der Waals surface area contributed by atoms with Gasteiger partial charge in [0.25, 0.3) is 0 Å². The molecular weight excluding hydrogens is 422 g/mol. The van der Waals surface area contributed by atoms with E-state index in [4.69, 9.17) is 14.2 Å². The lowest BCUT2D eigenvalue weighted by atomic mass is 10.1. The summed E-state index contributed by atoms with van der Waals surface area (Å²) in [6.07, 6.45) is 1.64. The predicted octanol–water partition coefficient (Wildman–Crippen LogP) is 4.47. The van der Waals surface area contributed by atoms with E-state index in [-0.39, 0.29) is 18.1 Å². The van der Waals surface area contributed by atoms with E-state index in [1.54, 1.807) is 18.2 Å². The zero-order valence-electron chi connectivity index (χ0n) is 19.4. The lowest BCUT2D eigenvalue weighted by Gasteiger charge is -2.12. The highest BCUT2D eigenvalue weighted by molar-refractivity contribution is 5.94. The maximum atomic E-state index is 12.6. The van der Waals surface area contributed by atoms with Crippen LogP contribution in [-0.4, -0.2) is 48.2 Å². The molecule has 0 saturated heterocycles. The number of amides is 1. The number of nitrogens with one attached hydrogen (secondary N) is 1. The third-order valence-corrected chi connectivity index (χ3v) is 5.16. The molecule has 1 amide bonds. The molecular formula is C25H31N3O5. The summed E-state index contributed by atoms with van der Waals surface area (Å²) in [6.45, 7) is 5.86. The lowest BCUT2D eigenvalue weighted by Crippen LogP contribution is -2.17. The molecule has 0 fully saturated rings. The molecule has 0 radical (unpaired) electrons. The molecule has 0 atom stereocenters. The van der Waals surface area contributed by atoms with Crippen molar-refractivity contribution in [3.8, 4) is 11.5 Å². The van der Waals surface area contributed by atoms with E-state index < -0.39 is 0 Å². The second kappa shape index (κ2) is 12.0. The number of aromatic nitrogens is 2. The molecule has 0 aliphatic heterocycles. The number of nitrogens with zero attached hydrogens (tertiary/aromatic N) is 2. The number of Topliss-reactive ketones (excluding diaryl/α,β-unsaturated/α-hetero) is 1. The number of hydrogen-bond acceptors (Lipinski definition) is 6. The maximum Gasteiger partial charge on any atom is 0.226 e. The van der Waals surface area contributed by atoms with Crippen molar-refractivity contribution < 1.29 is 23.8 Å². The Morgan fingerprint density at radius 2 is 1.88 bits per heavy atom. The fraction of sp³-hybridized carbons (Fsp3) is 0.400. The Morgan fingerprint density at radius 1 is 1.06 bits per heavy atom. The first kappa shape index (κ1) is 24.3. The SMILES string of the molecule is CCOCCCn1c(NC(=O)CCCOc2ccc(C(C)=O)cc2OC)nc2ccccc21. The summed E-state index contributed by atoms with van der Waals surface area (Å²) in [4.78, 5) is 28.7. The average molecular weight is 454 g/mol. The van der Waals surface area contributed by atoms with Crippen molar-refractivity contribution in [2.45, 2.75) is 39.7 Å². The summed E-state index contributed by atoms with van der Waals surface area (Å²) in [5.41, 5.74) is 2.38. The minimum atomic E-state index is -0.126. The van der Waals surface area contributed by atoms with Crippen LogP contribution in [0.25, 0.3) is 11.0 Å². The molecule has 0 saturated carbocycles. The fourth-order valence-electron chi connectivity index (χ4n) is 3.47. The van der Waals surface area contributed by atoms with Crippen LogP contribution in [0.3, 0.4) is 0 Å². The van der Waals surface area contributed by atoms with Crippen LogP contribution in [0.15, 0.2) is 42.5 Å². The Balaban J connectivity index is 1.55. The second-order valence-corrected chi connectivity index (χ2v) is 7.55. The van der Waals surface area contributed by atoms with Gasteiger partial charge in [-0.2, -0.15) is 0 Å². The van der Waals surface area contributed by atoms with Crippen molar-refractivity contribution in [3.05, 3.63) is 48.0 Å². The average Bonchev–Trinajstić information content (AvgIpc) is 3.16. The Bertz CT molecular complexity index is 1090. The third-order valence-electron chi connectivity index (χ3n) is 5.16. The van der Waals surface area contributed by atoms with Crippen molar-refractivity contribution in [1.29, 1.82) is 0 Å². The van der Waals surface area contributed by atoms with Crippen molar-refractivity contribution in [1.82, 2.24) is 9.55 Å². The number of hydrogen-bond donors (Lipinski definition) is 1. The normalized spacial score (nSPS) is 10.9. The number of benzene rings is 2. The first-order valence-corrected chi connectivity index (χ1v) is 11.2. The van der Waals surface area contributed by atoms with Gasteiger partial charge in [-0.15, -0.1) is 0 Å². The zero-order chi connectivity index (χ0) is 23.6. The molecule has 0 aliphatic rings. The molecule has 0 bridgehead atoms. The first-order chi connectivity index (χ1) is 16.0. The molecule has 0 spiro atoms. The number of carbonyl (C=O) groups is 2. The van der Waals surface area contributed by atoms with E-state index >= 15 is 0 Å². The number of anilines is 1. The Hall–Kier alpha value is -3.39. The fourth-order valence-corrected chi connectivity index (χ4v) is 3.47. The van der Waals surface area contributed by atoms with E-state index in [2.05, 4.69) is 10.3 Å². The molecule has 0 unspecified atom stereocenters. The minimum absolute atomic E-state index is 0.0413. The van der Waals surface area contributed by atoms with Crippen LogP contribution < -0.4 is 14.8 Å². The van der Waals surface area contributed by atoms with Crippen LogP contribution in [0.1, 0.15) is 43.5 Å². The van der Waals surface area contributed by atoms with E-state index in [0.29, 0.717) is 55.8 Å². The number of ether oxygens (including phenoxy) is 3. The van der Waals surface area contributed by atoms with Crippen LogP contribution in [0.2, 0.25) is 0 Å². The summed E-state index contributed by atoms with van der Waals surface area (Å²) in [5, 5.41) is 2.94. The number of rotatable bonds is 13. The van der Waals surface area contributed by atoms with Gasteiger partial charge in [0.05, 0.1) is 24.8 Å². The molecule has 0 aliphatic carbocycles. The van der Waals surface area contributed by atoms with E-state index in [0.717, 1.165) is 17.5 Å². The maximum absolute atomic E-state index is 12.6. The zero-order valence-corrected chi connectivity index (χ0v) is 19.4. The van der Waals surface area contributed by atoms with E-state index in [1.165, 1.54) is 14.0 Å². The quantitative estimate of drug-likeness (QED) is 0.303. The van der Waals surface area contributed by atoms with Crippen LogP contribution in [0.5, 0.6) is 11.5 Å². The topological polar surface area (TPSA) is 91.7 Å². The number of para-hydroxylation sites is 2. The van der Waals surface area contributed by atoms with Crippen LogP contribution in [0, 0.1) is 0 Å². The highest BCUT2D eigenvalue weighted by Crippen LogP contribution is 2.28. The number of imidazole rings is 1. The van der Waals surface area contributed by atoms with Crippen molar-refractivity contribution >= 4 is 28.7 Å². The van der Waals surface area contributed by atoms with Gasteiger partial charge in [0.2, 0.25) is 11.9 Å². The summed E-state index contributed by atoms with van der Waals surface area (Å²) in [6, 6.07) is 12.9. The molecule has 1 N–H and O–H groups in total. The summed E-state index contributed by atoms with van der Waals surface area (Å²) >= 11 is 0. The summed E-state index contributed by atoms with van der Waals surface area (Å²) < 4.78 is 18.5.